The molecule has 0 atom stereocenters. The van der Waals surface area contributed by atoms with E-state index in [1.54, 1.807) is 0 Å². The molecule has 5 heteroatoms. The zero-order valence-electron chi connectivity index (χ0n) is 11.9. The number of carbonyl (C=O) groups excluding carboxylic acids is 1. The Morgan fingerprint density at radius 1 is 1.17 bits per heavy atom. The third-order valence-electron chi connectivity index (χ3n) is 2.35. The van der Waals surface area contributed by atoms with Crippen LogP contribution in [0.3, 0.4) is 0 Å². The van der Waals surface area contributed by atoms with Crippen molar-refractivity contribution in [2.45, 2.75) is 40.5 Å². The van der Waals surface area contributed by atoms with E-state index in [2.05, 4.69) is 24.5 Å². The summed E-state index contributed by atoms with van der Waals surface area (Å²) >= 11 is 5.10. The molecule has 0 rings (SSSR count). The van der Waals surface area contributed by atoms with E-state index in [0.29, 0.717) is 18.3 Å². The van der Waals surface area contributed by atoms with Gasteiger partial charge < -0.3 is 15.4 Å². The number of nitrogens with one attached hydrogen (secondary N) is 2. The van der Waals surface area contributed by atoms with Crippen LogP contribution in [-0.2, 0) is 9.53 Å². The molecule has 0 aliphatic carbocycles. The van der Waals surface area contributed by atoms with Gasteiger partial charge in [-0.3, -0.25) is 4.79 Å². The number of esters is 1. The van der Waals surface area contributed by atoms with Gasteiger partial charge in [0.25, 0.3) is 0 Å². The lowest BCUT2D eigenvalue weighted by molar-refractivity contribution is -0.147. The molecular weight excluding hydrogens is 248 g/mol. The Kier molecular flexibility index (Phi) is 9.64. The lowest BCUT2D eigenvalue weighted by Crippen LogP contribution is -2.38. The minimum absolute atomic E-state index is 0.0777. The smallest absolute Gasteiger partial charge is 0.308 e. The first-order valence-electron chi connectivity index (χ1n) is 6.61. The molecule has 106 valence electrons. The molecule has 0 aliphatic rings. The summed E-state index contributed by atoms with van der Waals surface area (Å²) in [5.74, 6) is 0.475. The molecule has 18 heavy (non-hydrogen) atoms. The third-order valence-corrected chi connectivity index (χ3v) is 2.64. The van der Waals surface area contributed by atoms with Crippen molar-refractivity contribution in [3.63, 3.8) is 0 Å². The van der Waals surface area contributed by atoms with Crippen molar-refractivity contribution in [2.75, 3.05) is 19.7 Å². The van der Waals surface area contributed by atoms with Gasteiger partial charge in [-0.25, -0.2) is 0 Å². The van der Waals surface area contributed by atoms with E-state index in [9.17, 15) is 4.79 Å². The van der Waals surface area contributed by atoms with Crippen molar-refractivity contribution in [3.8, 4) is 0 Å². The third kappa shape index (κ3) is 10.3. The Morgan fingerprint density at radius 2 is 1.78 bits per heavy atom. The fourth-order valence-electron chi connectivity index (χ4n) is 1.26. The van der Waals surface area contributed by atoms with E-state index in [-0.39, 0.29) is 11.9 Å². The van der Waals surface area contributed by atoms with Gasteiger partial charge in [-0.15, -0.1) is 0 Å². The second-order valence-electron chi connectivity index (χ2n) is 5.04. The van der Waals surface area contributed by atoms with E-state index in [1.165, 1.54) is 6.42 Å². The molecule has 0 aromatic carbocycles. The fourth-order valence-corrected chi connectivity index (χ4v) is 1.46. The predicted octanol–water partition coefficient (Wildman–Crippen LogP) is 2.09. The maximum Gasteiger partial charge on any atom is 0.308 e. The van der Waals surface area contributed by atoms with Crippen LogP contribution in [0.1, 0.15) is 40.5 Å². The molecule has 2 N–H and O–H groups in total. The Balaban J connectivity index is 3.40. The van der Waals surface area contributed by atoms with Crippen LogP contribution in [-0.4, -0.2) is 30.8 Å². The SMILES string of the molecule is CC(C)CCCNC(=S)NCCOC(=O)C(C)C. The molecule has 0 radical (unpaired) electrons. The van der Waals surface area contributed by atoms with Gasteiger partial charge in [0.15, 0.2) is 5.11 Å². The highest BCUT2D eigenvalue weighted by Gasteiger charge is 2.07. The van der Waals surface area contributed by atoms with Crippen molar-refractivity contribution in [1.29, 1.82) is 0 Å². The van der Waals surface area contributed by atoms with E-state index in [4.69, 9.17) is 17.0 Å². The van der Waals surface area contributed by atoms with Crippen LogP contribution in [0.2, 0.25) is 0 Å². The molecule has 0 fully saturated rings. The van der Waals surface area contributed by atoms with Gasteiger partial charge in [-0.1, -0.05) is 27.7 Å². The van der Waals surface area contributed by atoms with Crippen LogP contribution >= 0.6 is 12.2 Å². The first kappa shape index (κ1) is 17.2. The summed E-state index contributed by atoms with van der Waals surface area (Å²) in [5.41, 5.74) is 0. The van der Waals surface area contributed by atoms with Crippen molar-refractivity contribution >= 4 is 23.3 Å². The van der Waals surface area contributed by atoms with Crippen LogP contribution < -0.4 is 10.6 Å². The number of carbonyl (C=O) groups is 1. The zero-order valence-corrected chi connectivity index (χ0v) is 12.7. The quantitative estimate of drug-likeness (QED) is 0.403. The van der Waals surface area contributed by atoms with Gasteiger partial charge in [0, 0.05) is 6.54 Å². The number of thiocarbonyl (C=S) groups is 1. The van der Waals surface area contributed by atoms with Crippen molar-refractivity contribution in [3.05, 3.63) is 0 Å². The van der Waals surface area contributed by atoms with Crippen LogP contribution in [0, 0.1) is 11.8 Å². The standard InChI is InChI=1S/C13H26N2O2S/c1-10(2)6-5-7-14-13(18)15-8-9-17-12(16)11(3)4/h10-11H,5-9H2,1-4H3,(H2,14,15,18). The second-order valence-corrected chi connectivity index (χ2v) is 5.45. The van der Waals surface area contributed by atoms with Crippen molar-refractivity contribution < 1.29 is 9.53 Å². The van der Waals surface area contributed by atoms with Gasteiger partial charge in [0.05, 0.1) is 12.5 Å². The molecule has 0 spiro atoms. The van der Waals surface area contributed by atoms with Gasteiger partial charge in [-0.2, -0.15) is 0 Å². The molecule has 4 nitrogen and oxygen atoms in total. The normalized spacial score (nSPS) is 10.6. The van der Waals surface area contributed by atoms with Gasteiger partial charge in [0.1, 0.15) is 6.61 Å². The topological polar surface area (TPSA) is 50.4 Å². The Labute approximate surface area is 116 Å². The summed E-state index contributed by atoms with van der Waals surface area (Å²) in [4.78, 5) is 11.2. The lowest BCUT2D eigenvalue weighted by atomic mass is 10.1. The van der Waals surface area contributed by atoms with Crippen molar-refractivity contribution in [2.24, 2.45) is 11.8 Å². The Hall–Kier alpha value is -0.840. The minimum atomic E-state index is -0.174. The second kappa shape index (κ2) is 10.1. The van der Waals surface area contributed by atoms with E-state index >= 15 is 0 Å². The van der Waals surface area contributed by atoms with Gasteiger partial charge in [0.2, 0.25) is 0 Å². The lowest BCUT2D eigenvalue weighted by Gasteiger charge is -2.12. The average molecular weight is 274 g/mol. The largest absolute Gasteiger partial charge is 0.464 e. The molecule has 0 aliphatic heterocycles. The first-order valence-corrected chi connectivity index (χ1v) is 7.02. The molecule has 0 heterocycles. The Morgan fingerprint density at radius 3 is 2.33 bits per heavy atom. The number of ether oxygens (including phenoxy) is 1. The monoisotopic (exact) mass is 274 g/mol. The molecule has 0 bridgehead atoms. The highest BCUT2D eigenvalue weighted by Crippen LogP contribution is 2.01. The van der Waals surface area contributed by atoms with Crippen molar-refractivity contribution in [1.82, 2.24) is 10.6 Å². The summed E-state index contributed by atoms with van der Waals surface area (Å²) in [5, 5.41) is 6.76. The van der Waals surface area contributed by atoms with E-state index in [1.807, 2.05) is 13.8 Å². The molecule has 0 aromatic heterocycles. The summed E-state index contributed by atoms with van der Waals surface area (Å²) < 4.78 is 5.02. The highest BCUT2D eigenvalue weighted by atomic mass is 32.1. The molecule has 0 saturated heterocycles. The molecular formula is C13H26N2O2S. The molecule has 0 amide bonds. The summed E-state index contributed by atoms with van der Waals surface area (Å²) in [6, 6.07) is 0. The zero-order chi connectivity index (χ0) is 14.0. The van der Waals surface area contributed by atoms with Gasteiger partial charge in [-0.05, 0) is 31.0 Å². The summed E-state index contributed by atoms with van der Waals surface area (Å²) in [6.07, 6.45) is 2.31. The summed E-state index contributed by atoms with van der Waals surface area (Å²) in [7, 11) is 0. The predicted molar refractivity (Wildman–Crippen MR) is 78.5 cm³/mol. The molecule has 0 aromatic rings. The maximum absolute atomic E-state index is 11.2. The van der Waals surface area contributed by atoms with Crippen LogP contribution in [0.4, 0.5) is 0 Å². The molecule has 0 unspecified atom stereocenters. The number of hydrogen-bond acceptors (Lipinski definition) is 3. The van der Waals surface area contributed by atoms with Crippen LogP contribution in [0.5, 0.6) is 0 Å². The van der Waals surface area contributed by atoms with Crippen LogP contribution in [0.25, 0.3) is 0 Å². The maximum atomic E-state index is 11.2. The number of hydrogen-bond donors (Lipinski definition) is 2. The highest BCUT2D eigenvalue weighted by molar-refractivity contribution is 7.80. The fraction of sp³-hybridized carbons (Fsp3) is 0.846. The Bertz CT molecular complexity index is 255. The van der Waals surface area contributed by atoms with Gasteiger partial charge >= 0.3 is 5.97 Å². The van der Waals surface area contributed by atoms with E-state index < -0.39 is 0 Å². The van der Waals surface area contributed by atoms with Crippen LogP contribution in [0.15, 0.2) is 0 Å². The minimum Gasteiger partial charge on any atom is -0.464 e. The first-order chi connectivity index (χ1) is 8.43. The molecule has 0 saturated carbocycles. The number of rotatable bonds is 8. The van der Waals surface area contributed by atoms with E-state index in [0.717, 1.165) is 18.9 Å². The summed E-state index contributed by atoms with van der Waals surface area (Å²) in [6.45, 7) is 9.84. The average Bonchev–Trinajstić information content (AvgIpc) is 2.29.